The van der Waals surface area contributed by atoms with Crippen LogP contribution in [0.5, 0.6) is 0 Å². The molecular formula is C16H21NO3S. The summed E-state index contributed by atoms with van der Waals surface area (Å²) in [4.78, 5) is 27.6. The summed E-state index contributed by atoms with van der Waals surface area (Å²) in [6.07, 6.45) is 6.46. The average molecular weight is 307 g/mol. The van der Waals surface area contributed by atoms with E-state index >= 15 is 0 Å². The van der Waals surface area contributed by atoms with E-state index in [0.717, 1.165) is 37.7 Å². The number of thiophene rings is 1. The quantitative estimate of drug-likeness (QED) is 0.786. The van der Waals surface area contributed by atoms with E-state index in [9.17, 15) is 9.59 Å². The maximum Gasteiger partial charge on any atom is 0.325 e. The molecular weight excluding hydrogens is 286 g/mol. The molecule has 5 heteroatoms. The molecule has 0 spiro atoms. The fraction of sp³-hybridized carbons (Fsp3) is 0.625. The number of nitrogens with zero attached hydrogens (tertiary/aromatic N) is 1. The second kappa shape index (κ2) is 6.18. The summed E-state index contributed by atoms with van der Waals surface area (Å²) in [5.74, 6) is -0.285. The number of esters is 1. The molecule has 0 N–H and O–H groups in total. The Hall–Kier alpha value is -1.36. The Balaban J connectivity index is 1.78. The predicted molar refractivity (Wildman–Crippen MR) is 81.7 cm³/mol. The molecule has 1 heterocycles. The van der Waals surface area contributed by atoms with Gasteiger partial charge in [-0.15, -0.1) is 11.3 Å². The summed E-state index contributed by atoms with van der Waals surface area (Å²) in [5, 5.41) is 1.98. The van der Waals surface area contributed by atoms with Gasteiger partial charge in [-0.1, -0.05) is 0 Å². The topological polar surface area (TPSA) is 46.6 Å². The van der Waals surface area contributed by atoms with E-state index < -0.39 is 0 Å². The number of aryl methyl sites for hydroxylation is 1. The molecule has 1 saturated carbocycles. The molecule has 2 aliphatic rings. The van der Waals surface area contributed by atoms with Crippen molar-refractivity contribution in [3.05, 3.63) is 21.4 Å². The first-order chi connectivity index (χ1) is 10.2. The summed E-state index contributed by atoms with van der Waals surface area (Å²) in [5.41, 5.74) is 2.05. The summed E-state index contributed by atoms with van der Waals surface area (Å²) < 4.78 is 5.00. The first kappa shape index (κ1) is 14.6. The van der Waals surface area contributed by atoms with Gasteiger partial charge in [0.1, 0.15) is 6.54 Å². The smallest absolute Gasteiger partial charge is 0.325 e. The van der Waals surface area contributed by atoms with Crippen molar-refractivity contribution in [3.63, 3.8) is 0 Å². The zero-order chi connectivity index (χ0) is 14.8. The van der Waals surface area contributed by atoms with Gasteiger partial charge in [0.15, 0.2) is 0 Å². The molecule has 1 amide bonds. The van der Waals surface area contributed by atoms with Gasteiger partial charge in [-0.05, 0) is 51.0 Å². The van der Waals surface area contributed by atoms with E-state index in [4.69, 9.17) is 4.74 Å². The van der Waals surface area contributed by atoms with Crippen molar-refractivity contribution in [3.8, 4) is 0 Å². The zero-order valence-electron chi connectivity index (χ0n) is 12.4. The van der Waals surface area contributed by atoms with Gasteiger partial charge in [0.2, 0.25) is 0 Å². The number of fused-ring (bicyclic) bond motifs is 1. The van der Waals surface area contributed by atoms with Crippen molar-refractivity contribution in [2.24, 2.45) is 0 Å². The highest BCUT2D eigenvalue weighted by molar-refractivity contribution is 7.10. The van der Waals surface area contributed by atoms with Crippen LogP contribution in [0.25, 0.3) is 0 Å². The third-order valence-electron chi connectivity index (χ3n) is 4.15. The first-order valence-electron chi connectivity index (χ1n) is 7.76. The van der Waals surface area contributed by atoms with Crippen molar-refractivity contribution < 1.29 is 14.3 Å². The monoisotopic (exact) mass is 307 g/mol. The molecule has 1 fully saturated rings. The van der Waals surface area contributed by atoms with Gasteiger partial charge >= 0.3 is 5.97 Å². The Morgan fingerprint density at radius 3 is 2.81 bits per heavy atom. The van der Waals surface area contributed by atoms with E-state index in [-0.39, 0.29) is 24.5 Å². The van der Waals surface area contributed by atoms with E-state index in [1.54, 1.807) is 23.2 Å². The van der Waals surface area contributed by atoms with Gasteiger partial charge in [-0.3, -0.25) is 9.59 Å². The maximum atomic E-state index is 12.8. The van der Waals surface area contributed by atoms with Crippen LogP contribution in [-0.2, 0) is 22.4 Å². The van der Waals surface area contributed by atoms with Gasteiger partial charge < -0.3 is 9.64 Å². The number of hydrogen-bond donors (Lipinski definition) is 0. The standard InChI is InChI=1S/C16H21NO3S/c1-2-20-15(18)9-17(11-7-8-11)16(19)13-10-21-14-6-4-3-5-12(13)14/h10-11H,2-9H2,1H3. The largest absolute Gasteiger partial charge is 0.465 e. The highest BCUT2D eigenvalue weighted by Crippen LogP contribution is 2.34. The SMILES string of the molecule is CCOC(=O)CN(C(=O)c1csc2c1CCCC2)C1CC1. The minimum Gasteiger partial charge on any atom is -0.465 e. The molecule has 0 radical (unpaired) electrons. The Kier molecular flexibility index (Phi) is 4.29. The zero-order valence-corrected chi connectivity index (χ0v) is 13.2. The van der Waals surface area contributed by atoms with Gasteiger partial charge in [-0.2, -0.15) is 0 Å². The van der Waals surface area contributed by atoms with Crippen LogP contribution in [0.15, 0.2) is 5.38 Å². The van der Waals surface area contributed by atoms with Gasteiger partial charge in [0, 0.05) is 16.3 Å². The Bertz CT molecular complexity index is 548. The van der Waals surface area contributed by atoms with Crippen LogP contribution in [-0.4, -0.2) is 36.0 Å². The molecule has 0 aromatic carbocycles. The molecule has 0 bridgehead atoms. The maximum absolute atomic E-state index is 12.8. The minimum absolute atomic E-state index is 0.0185. The number of rotatable bonds is 5. The predicted octanol–water partition coefficient (Wildman–Crippen LogP) is 2.79. The number of ether oxygens (including phenoxy) is 1. The van der Waals surface area contributed by atoms with Crippen molar-refractivity contribution >= 4 is 23.2 Å². The summed E-state index contributed by atoms with van der Waals surface area (Å²) >= 11 is 1.70. The Labute approximate surface area is 129 Å². The Morgan fingerprint density at radius 1 is 1.33 bits per heavy atom. The second-order valence-electron chi connectivity index (χ2n) is 5.73. The highest BCUT2D eigenvalue weighted by atomic mass is 32.1. The fourth-order valence-electron chi connectivity index (χ4n) is 2.93. The number of amides is 1. The van der Waals surface area contributed by atoms with Gasteiger partial charge in [-0.25, -0.2) is 0 Å². The lowest BCUT2D eigenvalue weighted by Gasteiger charge is -2.22. The molecule has 0 saturated heterocycles. The molecule has 0 aliphatic heterocycles. The summed E-state index contributed by atoms with van der Waals surface area (Å²) in [6, 6.07) is 0.223. The lowest BCUT2D eigenvalue weighted by atomic mass is 9.95. The van der Waals surface area contributed by atoms with E-state index in [0.29, 0.717) is 6.61 Å². The third kappa shape index (κ3) is 3.12. The van der Waals surface area contributed by atoms with Crippen molar-refractivity contribution in [1.82, 2.24) is 4.90 Å². The van der Waals surface area contributed by atoms with Crippen molar-refractivity contribution in [2.75, 3.05) is 13.2 Å². The number of carbonyl (C=O) groups excluding carboxylic acids is 2. The van der Waals surface area contributed by atoms with Crippen LogP contribution in [0.2, 0.25) is 0 Å². The van der Waals surface area contributed by atoms with Crippen LogP contribution < -0.4 is 0 Å². The van der Waals surface area contributed by atoms with Crippen molar-refractivity contribution in [2.45, 2.75) is 51.5 Å². The highest BCUT2D eigenvalue weighted by Gasteiger charge is 2.36. The van der Waals surface area contributed by atoms with E-state index in [1.165, 1.54) is 16.9 Å². The Morgan fingerprint density at radius 2 is 2.10 bits per heavy atom. The fourth-order valence-corrected chi connectivity index (χ4v) is 4.05. The van der Waals surface area contributed by atoms with Crippen LogP contribution in [0.4, 0.5) is 0 Å². The van der Waals surface area contributed by atoms with Crippen LogP contribution in [0, 0.1) is 0 Å². The lowest BCUT2D eigenvalue weighted by Crippen LogP contribution is -2.38. The molecule has 0 atom stereocenters. The second-order valence-corrected chi connectivity index (χ2v) is 6.69. The van der Waals surface area contributed by atoms with E-state index in [2.05, 4.69) is 0 Å². The van der Waals surface area contributed by atoms with Crippen LogP contribution >= 0.6 is 11.3 Å². The summed E-state index contributed by atoms with van der Waals surface area (Å²) in [6.45, 7) is 2.23. The molecule has 114 valence electrons. The number of hydrogen-bond acceptors (Lipinski definition) is 4. The molecule has 3 rings (SSSR count). The average Bonchev–Trinajstić information content (AvgIpc) is 3.23. The normalized spacial score (nSPS) is 17.2. The molecule has 1 aromatic rings. The molecule has 0 unspecified atom stereocenters. The van der Waals surface area contributed by atoms with Crippen LogP contribution in [0.3, 0.4) is 0 Å². The van der Waals surface area contributed by atoms with E-state index in [1.807, 2.05) is 5.38 Å². The number of carbonyl (C=O) groups is 2. The molecule has 21 heavy (non-hydrogen) atoms. The van der Waals surface area contributed by atoms with Gasteiger partial charge in [0.05, 0.1) is 12.2 Å². The lowest BCUT2D eigenvalue weighted by molar-refractivity contribution is -0.144. The third-order valence-corrected chi connectivity index (χ3v) is 5.23. The minimum atomic E-state index is -0.304. The molecule has 2 aliphatic carbocycles. The van der Waals surface area contributed by atoms with Gasteiger partial charge in [0.25, 0.3) is 5.91 Å². The summed E-state index contributed by atoms with van der Waals surface area (Å²) in [7, 11) is 0. The molecule has 4 nitrogen and oxygen atoms in total. The van der Waals surface area contributed by atoms with Crippen molar-refractivity contribution in [1.29, 1.82) is 0 Å². The van der Waals surface area contributed by atoms with Crippen LogP contribution in [0.1, 0.15) is 53.4 Å². The first-order valence-corrected chi connectivity index (χ1v) is 8.64. The molecule has 1 aromatic heterocycles.